The van der Waals surface area contributed by atoms with Gasteiger partial charge in [0.1, 0.15) is 0 Å². The third-order valence-electron chi connectivity index (χ3n) is 3.82. The Morgan fingerprint density at radius 3 is 2.90 bits per heavy atom. The maximum absolute atomic E-state index is 6.39. The molecule has 2 aromatic rings. The molecule has 3 nitrogen and oxygen atoms in total. The Morgan fingerprint density at radius 1 is 1.33 bits per heavy atom. The van der Waals surface area contributed by atoms with Crippen molar-refractivity contribution < 1.29 is 0 Å². The normalized spacial score (nSPS) is 18.9. The molecule has 0 spiro atoms. The molecule has 1 aromatic heterocycles. The van der Waals surface area contributed by atoms with Crippen LogP contribution in [0.5, 0.6) is 0 Å². The number of nitrogens with one attached hydrogen (secondary N) is 1. The molecular weight excluding hydrogens is 329 g/mol. The summed E-state index contributed by atoms with van der Waals surface area (Å²) in [6, 6.07) is 8.60. The van der Waals surface area contributed by atoms with Gasteiger partial charge in [-0.3, -0.25) is 9.88 Å². The van der Waals surface area contributed by atoms with Crippen LogP contribution >= 0.6 is 36.4 Å². The minimum absolute atomic E-state index is 0. The zero-order valence-electron chi connectivity index (χ0n) is 11.9. The highest BCUT2D eigenvalue weighted by Crippen LogP contribution is 2.26. The van der Waals surface area contributed by atoms with Crippen LogP contribution in [-0.2, 0) is 6.54 Å². The van der Waals surface area contributed by atoms with Gasteiger partial charge in [-0.2, -0.15) is 0 Å². The van der Waals surface area contributed by atoms with E-state index in [0.29, 0.717) is 6.04 Å². The number of piperazine rings is 1. The molecule has 0 amide bonds. The first-order valence-corrected chi connectivity index (χ1v) is 7.10. The van der Waals surface area contributed by atoms with Gasteiger partial charge >= 0.3 is 0 Å². The number of pyridine rings is 1. The van der Waals surface area contributed by atoms with Gasteiger partial charge in [0.2, 0.25) is 0 Å². The van der Waals surface area contributed by atoms with Gasteiger partial charge < -0.3 is 5.32 Å². The fraction of sp³-hybridized carbons (Fsp3) is 0.400. The topological polar surface area (TPSA) is 28.2 Å². The van der Waals surface area contributed by atoms with E-state index in [9.17, 15) is 0 Å². The summed E-state index contributed by atoms with van der Waals surface area (Å²) in [6.45, 7) is 6.26. The van der Waals surface area contributed by atoms with Crippen molar-refractivity contribution in [2.45, 2.75) is 19.5 Å². The lowest BCUT2D eigenvalue weighted by Gasteiger charge is -2.34. The Hall–Kier alpha value is -0.580. The summed E-state index contributed by atoms with van der Waals surface area (Å²) in [5.41, 5.74) is 2.18. The average Bonchev–Trinajstić information content (AvgIpc) is 2.44. The van der Waals surface area contributed by atoms with Crippen LogP contribution in [0.2, 0.25) is 5.02 Å². The molecule has 1 aromatic carbocycles. The standard InChI is InChI=1S/C15H18ClN3.2ClH/c1-11-9-17-7-8-19(11)10-13-14(16)5-4-12-3-2-6-18-15(12)13;;/h2-6,11,17H,7-10H2,1H3;2*1H/t11-;;/m1../s1. The zero-order valence-corrected chi connectivity index (χ0v) is 14.3. The number of halogens is 3. The van der Waals surface area contributed by atoms with Crippen LogP contribution in [0, 0.1) is 0 Å². The second-order valence-corrected chi connectivity index (χ2v) is 5.53. The lowest BCUT2D eigenvalue weighted by Crippen LogP contribution is -2.49. The first kappa shape index (κ1) is 18.5. The van der Waals surface area contributed by atoms with Crippen molar-refractivity contribution in [3.8, 4) is 0 Å². The van der Waals surface area contributed by atoms with Gasteiger partial charge in [0.05, 0.1) is 5.52 Å². The molecule has 0 saturated carbocycles. The highest BCUT2D eigenvalue weighted by atomic mass is 35.5. The molecular formula is C15H20Cl3N3. The Kier molecular flexibility index (Phi) is 7.17. The number of nitrogens with zero attached hydrogens (tertiary/aromatic N) is 2. The average molecular weight is 349 g/mol. The molecule has 1 saturated heterocycles. The second kappa shape index (κ2) is 8.16. The molecule has 1 atom stereocenters. The number of rotatable bonds is 2. The van der Waals surface area contributed by atoms with Gasteiger partial charge in [-0.25, -0.2) is 0 Å². The Bertz CT molecular complexity index is 591. The quantitative estimate of drug-likeness (QED) is 0.900. The predicted octanol–water partition coefficient (Wildman–Crippen LogP) is 3.53. The summed E-state index contributed by atoms with van der Waals surface area (Å²) in [6.07, 6.45) is 1.84. The van der Waals surface area contributed by atoms with Crippen LogP contribution in [0.1, 0.15) is 12.5 Å². The molecule has 21 heavy (non-hydrogen) atoms. The maximum Gasteiger partial charge on any atom is 0.0761 e. The third-order valence-corrected chi connectivity index (χ3v) is 4.18. The van der Waals surface area contributed by atoms with Crippen molar-refractivity contribution in [3.63, 3.8) is 0 Å². The van der Waals surface area contributed by atoms with Crippen molar-refractivity contribution in [3.05, 3.63) is 41.0 Å². The van der Waals surface area contributed by atoms with E-state index >= 15 is 0 Å². The summed E-state index contributed by atoms with van der Waals surface area (Å²) < 4.78 is 0. The Labute approximate surface area is 142 Å². The van der Waals surface area contributed by atoms with E-state index in [4.69, 9.17) is 11.6 Å². The van der Waals surface area contributed by atoms with Crippen LogP contribution < -0.4 is 5.32 Å². The van der Waals surface area contributed by atoms with E-state index in [1.807, 2.05) is 24.4 Å². The van der Waals surface area contributed by atoms with Gasteiger partial charge in [-0.1, -0.05) is 23.7 Å². The molecule has 0 radical (unpaired) electrons. The lowest BCUT2D eigenvalue weighted by molar-refractivity contribution is 0.166. The van der Waals surface area contributed by atoms with E-state index in [0.717, 1.165) is 47.7 Å². The molecule has 1 N–H and O–H groups in total. The van der Waals surface area contributed by atoms with E-state index in [-0.39, 0.29) is 24.8 Å². The van der Waals surface area contributed by atoms with Crippen molar-refractivity contribution in [2.75, 3.05) is 19.6 Å². The van der Waals surface area contributed by atoms with E-state index in [1.54, 1.807) is 0 Å². The second-order valence-electron chi connectivity index (χ2n) is 5.12. The fourth-order valence-electron chi connectivity index (χ4n) is 2.65. The van der Waals surface area contributed by atoms with Gasteiger partial charge in [-0.15, -0.1) is 24.8 Å². The van der Waals surface area contributed by atoms with Gasteiger partial charge in [0, 0.05) is 54.4 Å². The molecule has 3 rings (SSSR count). The number of hydrogen-bond acceptors (Lipinski definition) is 3. The van der Waals surface area contributed by atoms with Crippen molar-refractivity contribution in [2.24, 2.45) is 0 Å². The smallest absolute Gasteiger partial charge is 0.0761 e. The molecule has 1 aliphatic rings. The zero-order chi connectivity index (χ0) is 13.2. The first-order chi connectivity index (χ1) is 9.25. The molecule has 6 heteroatoms. The highest BCUT2D eigenvalue weighted by Gasteiger charge is 2.20. The number of benzene rings is 1. The summed E-state index contributed by atoms with van der Waals surface area (Å²) in [4.78, 5) is 6.97. The predicted molar refractivity (Wildman–Crippen MR) is 94.0 cm³/mol. The fourth-order valence-corrected chi connectivity index (χ4v) is 2.86. The SMILES string of the molecule is C[C@@H]1CNCCN1Cc1c(Cl)ccc2cccnc12.Cl.Cl. The molecule has 0 unspecified atom stereocenters. The molecule has 0 bridgehead atoms. The largest absolute Gasteiger partial charge is 0.314 e. The first-order valence-electron chi connectivity index (χ1n) is 6.72. The van der Waals surface area contributed by atoms with E-state index in [2.05, 4.69) is 28.2 Å². The molecule has 2 heterocycles. The molecule has 1 fully saturated rings. The van der Waals surface area contributed by atoms with Crippen molar-refractivity contribution in [1.29, 1.82) is 0 Å². The van der Waals surface area contributed by atoms with E-state index in [1.165, 1.54) is 0 Å². The molecule has 1 aliphatic heterocycles. The minimum atomic E-state index is 0. The van der Waals surface area contributed by atoms with Crippen LogP contribution in [0.15, 0.2) is 30.5 Å². The van der Waals surface area contributed by atoms with Crippen LogP contribution in [0.3, 0.4) is 0 Å². The summed E-state index contributed by atoms with van der Waals surface area (Å²) in [5.74, 6) is 0. The summed E-state index contributed by atoms with van der Waals surface area (Å²) in [5, 5.41) is 5.39. The minimum Gasteiger partial charge on any atom is -0.314 e. The molecule has 116 valence electrons. The lowest BCUT2D eigenvalue weighted by atomic mass is 10.1. The highest BCUT2D eigenvalue weighted by molar-refractivity contribution is 6.32. The molecule has 0 aliphatic carbocycles. The third kappa shape index (κ3) is 3.99. The van der Waals surface area contributed by atoms with Crippen LogP contribution in [0.4, 0.5) is 0 Å². The summed E-state index contributed by atoms with van der Waals surface area (Å²) >= 11 is 6.39. The summed E-state index contributed by atoms with van der Waals surface area (Å²) in [7, 11) is 0. The van der Waals surface area contributed by atoms with Gasteiger partial charge in [0.25, 0.3) is 0 Å². The van der Waals surface area contributed by atoms with Gasteiger partial charge in [0.15, 0.2) is 0 Å². The number of aromatic nitrogens is 1. The van der Waals surface area contributed by atoms with Crippen LogP contribution in [0.25, 0.3) is 10.9 Å². The van der Waals surface area contributed by atoms with Crippen LogP contribution in [-0.4, -0.2) is 35.6 Å². The van der Waals surface area contributed by atoms with Crippen molar-refractivity contribution >= 4 is 47.3 Å². The number of hydrogen-bond donors (Lipinski definition) is 1. The Balaban J connectivity index is 0.00000110. The number of fused-ring (bicyclic) bond motifs is 1. The Morgan fingerprint density at radius 2 is 2.14 bits per heavy atom. The van der Waals surface area contributed by atoms with E-state index < -0.39 is 0 Å². The van der Waals surface area contributed by atoms with Gasteiger partial charge in [-0.05, 0) is 19.1 Å². The maximum atomic E-state index is 6.39. The monoisotopic (exact) mass is 347 g/mol. The van der Waals surface area contributed by atoms with Crippen molar-refractivity contribution in [1.82, 2.24) is 15.2 Å².